The zero-order chi connectivity index (χ0) is 9.26. The number of likely N-dealkylation sites (tertiary alicyclic amines) is 1. The Labute approximate surface area is 92.3 Å². The van der Waals surface area contributed by atoms with Crippen LogP contribution in [0.3, 0.4) is 0 Å². The Kier molecular flexibility index (Phi) is 3.87. The van der Waals surface area contributed by atoms with Crippen LogP contribution < -0.4 is 5.73 Å². The first-order valence-corrected chi connectivity index (χ1v) is 5.23. The number of hydrogen-bond donors (Lipinski definition) is 1. The summed E-state index contributed by atoms with van der Waals surface area (Å²) >= 11 is 0. The molecule has 1 saturated heterocycles. The molecule has 0 amide bonds. The number of hydrogen-bond acceptors (Lipinski definition) is 2. The van der Waals surface area contributed by atoms with Gasteiger partial charge in [-0.25, -0.2) is 0 Å². The Hall–Kier alpha value is -0.630. The van der Waals surface area contributed by atoms with Gasteiger partial charge in [0.05, 0.1) is 0 Å². The molecule has 1 atom stereocenters. The molecule has 1 fully saturated rings. The number of rotatable bonds is 1. The smallest absolute Gasteiger partial charge is 0.0291 e. The fraction of sp³-hybridized carbons (Fsp3) is 0.636. The Morgan fingerprint density at radius 1 is 1.57 bits per heavy atom. The average Bonchev–Trinajstić information content (AvgIpc) is 2.17. The molecule has 0 aromatic carbocycles. The standard InChI is InChI=1S/C11H18N2.ClH/c1-2-13-7-3-4-9-5-6-10(12)8-11(9)13;/h6,8-9H,2-5,7,12H2,1H3;1H. The molecule has 1 aliphatic carbocycles. The van der Waals surface area contributed by atoms with E-state index in [4.69, 9.17) is 5.73 Å². The van der Waals surface area contributed by atoms with Gasteiger partial charge in [0.2, 0.25) is 0 Å². The molecule has 0 saturated carbocycles. The van der Waals surface area contributed by atoms with Crippen LogP contribution in [0.2, 0.25) is 0 Å². The summed E-state index contributed by atoms with van der Waals surface area (Å²) in [5, 5.41) is 0. The molecule has 2 rings (SSSR count). The summed E-state index contributed by atoms with van der Waals surface area (Å²) in [5.74, 6) is 0.751. The van der Waals surface area contributed by atoms with Crippen molar-refractivity contribution in [1.29, 1.82) is 0 Å². The molecule has 2 N–H and O–H groups in total. The van der Waals surface area contributed by atoms with Gasteiger partial charge in [-0.1, -0.05) is 6.08 Å². The summed E-state index contributed by atoms with van der Waals surface area (Å²) in [5.41, 5.74) is 8.25. The van der Waals surface area contributed by atoms with Gasteiger partial charge < -0.3 is 10.6 Å². The summed E-state index contributed by atoms with van der Waals surface area (Å²) in [4.78, 5) is 2.47. The third-order valence-electron chi connectivity index (χ3n) is 3.10. The Balaban J connectivity index is 0.000000980. The van der Waals surface area contributed by atoms with Crippen molar-refractivity contribution in [2.45, 2.75) is 26.2 Å². The number of allylic oxidation sites excluding steroid dienone is 3. The van der Waals surface area contributed by atoms with Crippen molar-refractivity contribution in [3.05, 3.63) is 23.5 Å². The highest BCUT2D eigenvalue weighted by atomic mass is 35.5. The number of piperidine rings is 1. The normalized spacial score (nSPS) is 25.8. The maximum atomic E-state index is 5.82. The topological polar surface area (TPSA) is 29.3 Å². The van der Waals surface area contributed by atoms with Crippen LogP contribution in [0.5, 0.6) is 0 Å². The van der Waals surface area contributed by atoms with Crippen molar-refractivity contribution in [1.82, 2.24) is 4.90 Å². The fourth-order valence-corrected chi connectivity index (χ4v) is 2.36. The number of fused-ring (bicyclic) bond motifs is 1. The van der Waals surface area contributed by atoms with Crippen molar-refractivity contribution in [2.75, 3.05) is 13.1 Å². The summed E-state index contributed by atoms with van der Waals surface area (Å²) < 4.78 is 0. The van der Waals surface area contributed by atoms with E-state index < -0.39 is 0 Å². The van der Waals surface area contributed by atoms with Gasteiger partial charge in [-0.05, 0) is 32.3 Å². The zero-order valence-corrected chi connectivity index (χ0v) is 9.52. The van der Waals surface area contributed by atoms with E-state index in [9.17, 15) is 0 Å². The minimum atomic E-state index is 0. The highest BCUT2D eigenvalue weighted by Crippen LogP contribution is 2.32. The lowest BCUT2D eigenvalue weighted by molar-refractivity contribution is 0.249. The molecule has 2 nitrogen and oxygen atoms in total. The molecule has 80 valence electrons. The lowest BCUT2D eigenvalue weighted by Gasteiger charge is -2.38. The second-order valence-corrected chi connectivity index (χ2v) is 3.93. The van der Waals surface area contributed by atoms with E-state index in [0.717, 1.165) is 24.6 Å². The van der Waals surface area contributed by atoms with E-state index in [0.29, 0.717) is 0 Å². The molecule has 0 bridgehead atoms. The molecule has 0 radical (unpaired) electrons. The van der Waals surface area contributed by atoms with E-state index in [-0.39, 0.29) is 12.4 Å². The maximum Gasteiger partial charge on any atom is 0.0291 e. The zero-order valence-electron chi connectivity index (χ0n) is 8.70. The summed E-state index contributed by atoms with van der Waals surface area (Å²) in [6.07, 6.45) is 8.15. The lowest BCUT2D eigenvalue weighted by atomic mass is 9.87. The molecular formula is C11H19ClN2. The number of nitrogens with two attached hydrogens (primary N) is 1. The van der Waals surface area contributed by atoms with Gasteiger partial charge >= 0.3 is 0 Å². The molecule has 1 aliphatic heterocycles. The molecule has 14 heavy (non-hydrogen) atoms. The third kappa shape index (κ3) is 2.06. The van der Waals surface area contributed by atoms with Crippen LogP contribution in [0.25, 0.3) is 0 Å². The predicted octanol–water partition coefficient (Wildman–Crippen LogP) is 2.27. The van der Waals surface area contributed by atoms with Crippen LogP contribution in [0.1, 0.15) is 26.2 Å². The summed E-state index contributed by atoms with van der Waals surface area (Å²) in [6, 6.07) is 0. The van der Waals surface area contributed by atoms with E-state index in [1.807, 2.05) is 0 Å². The van der Waals surface area contributed by atoms with E-state index in [2.05, 4.69) is 24.0 Å². The highest BCUT2D eigenvalue weighted by molar-refractivity contribution is 5.85. The second-order valence-electron chi connectivity index (χ2n) is 3.93. The molecule has 0 aromatic rings. The Morgan fingerprint density at radius 2 is 2.36 bits per heavy atom. The highest BCUT2D eigenvalue weighted by Gasteiger charge is 2.25. The van der Waals surface area contributed by atoms with Crippen LogP contribution in [-0.2, 0) is 0 Å². The fourth-order valence-electron chi connectivity index (χ4n) is 2.36. The molecule has 2 aliphatic rings. The third-order valence-corrected chi connectivity index (χ3v) is 3.10. The molecule has 3 heteroatoms. The SMILES string of the molecule is CCN1CCCC2CC=C(N)C=C21.Cl. The van der Waals surface area contributed by atoms with E-state index in [1.54, 1.807) is 0 Å². The van der Waals surface area contributed by atoms with Crippen LogP contribution >= 0.6 is 12.4 Å². The first kappa shape index (κ1) is 11.4. The van der Waals surface area contributed by atoms with Crippen molar-refractivity contribution < 1.29 is 0 Å². The summed E-state index contributed by atoms with van der Waals surface area (Å²) in [6.45, 7) is 4.56. The van der Waals surface area contributed by atoms with E-state index in [1.165, 1.54) is 25.1 Å². The van der Waals surface area contributed by atoms with Gasteiger partial charge in [0, 0.05) is 30.4 Å². The van der Waals surface area contributed by atoms with Crippen molar-refractivity contribution in [3.8, 4) is 0 Å². The van der Waals surface area contributed by atoms with Gasteiger partial charge in [-0.15, -0.1) is 12.4 Å². The molecule has 1 unspecified atom stereocenters. The first-order valence-electron chi connectivity index (χ1n) is 5.23. The number of nitrogens with zero attached hydrogens (tertiary/aromatic N) is 1. The van der Waals surface area contributed by atoms with Crippen molar-refractivity contribution >= 4 is 12.4 Å². The quantitative estimate of drug-likeness (QED) is 0.726. The van der Waals surface area contributed by atoms with Gasteiger partial charge in [0.25, 0.3) is 0 Å². The summed E-state index contributed by atoms with van der Waals surface area (Å²) in [7, 11) is 0. The van der Waals surface area contributed by atoms with Crippen molar-refractivity contribution in [2.24, 2.45) is 11.7 Å². The minimum Gasteiger partial charge on any atom is -0.399 e. The Bertz CT molecular complexity index is 258. The van der Waals surface area contributed by atoms with E-state index >= 15 is 0 Å². The van der Waals surface area contributed by atoms with Gasteiger partial charge in [0.15, 0.2) is 0 Å². The first-order chi connectivity index (χ1) is 6.31. The van der Waals surface area contributed by atoms with Gasteiger partial charge in [-0.2, -0.15) is 0 Å². The molecule has 0 aromatic heterocycles. The Morgan fingerprint density at radius 3 is 3.07 bits per heavy atom. The lowest BCUT2D eigenvalue weighted by Crippen LogP contribution is -2.34. The molecular weight excluding hydrogens is 196 g/mol. The second kappa shape index (κ2) is 4.74. The predicted molar refractivity (Wildman–Crippen MR) is 62.2 cm³/mol. The average molecular weight is 215 g/mol. The largest absolute Gasteiger partial charge is 0.399 e. The minimum absolute atomic E-state index is 0. The van der Waals surface area contributed by atoms with Crippen LogP contribution in [0, 0.1) is 5.92 Å². The van der Waals surface area contributed by atoms with Gasteiger partial charge in [0.1, 0.15) is 0 Å². The van der Waals surface area contributed by atoms with Gasteiger partial charge in [-0.3, -0.25) is 0 Å². The van der Waals surface area contributed by atoms with Crippen LogP contribution in [0.4, 0.5) is 0 Å². The van der Waals surface area contributed by atoms with Crippen molar-refractivity contribution in [3.63, 3.8) is 0 Å². The van der Waals surface area contributed by atoms with Crippen LogP contribution in [-0.4, -0.2) is 18.0 Å². The van der Waals surface area contributed by atoms with Crippen LogP contribution in [0.15, 0.2) is 23.5 Å². The number of halogens is 1. The maximum absolute atomic E-state index is 5.82. The monoisotopic (exact) mass is 214 g/mol. The molecule has 0 spiro atoms. The molecule has 1 heterocycles.